The second kappa shape index (κ2) is 11.4. The maximum atomic E-state index is 13.2. The highest BCUT2D eigenvalue weighted by molar-refractivity contribution is 5.91. The number of hydrogen-bond acceptors (Lipinski definition) is 5. The molecule has 0 aromatic heterocycles. The van der Waals surface area contributed by atoms with E-state index in [1.807, 2.05) is 30.3 Å². The summed E-state index contributed by atoms with van der Waals surface area (Å²) in [5.74, 6) is 0.0986. The standard InChI is InChI=1S/C30H35F3N2O4/c1-4-16-35-17-15-28(23-8-6-9-25(19-23)38-3)20-24(13-14-29(28,37)21-35)34(2)27(36)12-11-22-7-5-10-26(18-22)39-30(31,32)33/h4-12,18-19,24,37H,1,13-17,20-21H2,2-3H3/b12-11+. The van der Waals surface area contributed by atoms with Crippen LogP contribution in [0.5, 0.6) is 11.5 Å². The van der Waals surface area contributed by atoms with Crippen molar-refractivity contribution in [2.45, 2.75) is 49.1 Å². The summed E-state index contributed by atoms with van der Waals surface area (Å²) in [5.41, 5.74) is -0.163. The molecule has 1 N–H and O–H groups in total. The Hall–Kier alpha value is -3.30. The topological polar surface area (TPSA) is 62.2 Å². The molecule has 0 spiro atoms. The summed E-state index contributed by atoms with van der Waals surface area (Å²) < 4.78 is 47.2. The number of carbonyl (C=O) groups is 1. The van der Waals surface area contributed by atoms with Crippen LogP contribution in [-0.2, 0) is 10.2 Å². The Labute approximate surface area is 227 Å². The average molecular weight is 545 g/mol. The lowest BCUT2D eigenvalue weighted by Crippen LogP contribution is -2.67. The molecular formula is C30H35F3N2O4. The van der Waals surface area contributed by atoms with E-state index >= 15 is 0 Å². The SMILES string of the molecule is C=CCN1CCC2(c3cccc(OC)c3)CC(N(C)C(=O)/C=C/c3cccc(OC(F)(F)F)c3)CCC2(O)C1. The summed E-state index contributed by atoms with van der Waals surface area (Å²) in [6.45, 7) is 5.83. The lowest BCUT2D eigenvalue weighted by molar-refractivity contribution is -0.274. The van der Waals surface area contributed by atoms with Gasteiger partial charge in [0.2, 0.25) is 5.91 Å². The van der Waals surface area contributed by atoms with Gasteiger partial charge in [-0.1, -0.05) is 30.3 Å². The molecule has 1 saturated carbocycles. The Bertz CT molecular complexity index is 1220. The summed E-state index contributed by atoms with van der Waals surface area (Å²) in [6, 6.07) is 13.1. The number of piperidine rings is 1. The molecule has 3 unspecified atom stereocenters. The largest absolute Gasteiger partial charge is 0.573 e. The van der Waals surface area contributed by atoms with Crippen molar-refractivity contribution >= 4 is 12.0 Å². The molecule has 1 saturated heterocycles. The molecule has 1 amide bonds. The van der Waals surface area contributed by atoms with E-state index in [0.717, 1.165) is 12.1 Å². The lowest BCUT2D eigenvalue weighted by atomic mass is 9.55. The molecule has 0 radical (unpaired) electrons. The van der Waals surface area contributed by atoms with Crippen molar-refractivity contribution in [3.63, 3.8) is 0 Å². The van der Waals surface area contributed by atoms with Crippen LogP contribution in [0, 0.1) is 0 Å². The Morgan fingerprint density at radius 1 is 1.21 bits per heavy atom. The number of β-amino-alcohol motifs (C(OH)–C–C–N with tert-alkyl or cyclic N) is 1. The quantitative estimate of drug-likeness (QED) is 0.367. The van der Waals surface area contributed by atoms with Gasteiger partial charge in [-0.15, -0.1) is 19.8 Å². The number of likely N-dealkylation sites (N-methyl/N-ethyl adjacent to an activating group) is 1. The zero-order valence-electron chi connectivity index (χ0n) is 22.3. The molecular weight excluding hydrogens is 509 g/mol. The van der Waals surface area contributed by atoms with Gasteiger partial charge in [0, 0.05) is 37.7 Å². The first-order valence-electron chi connectivity index (χ1n) is 13.0. The van der Waals surface area contributed by atoms with Crippen LogP contribution < -0.4 is 9.47 Å². The van der Waals surface area contributed by atoms with Crippen molar-refractivity contribution in [2.75, 3.05) is 33.8 Å². The smallest absolute Gasteiger partial charge is 0.497 e. The number of likely N-dealkylation sites (tertiary alicyclic amines) is 1. The first-order chi connectivity index (χ1) is 18.5. The van der Waals surface area contributed by atoms with E-state index in [1.54, 1.807) is 25.1 Å². The molecule has 2 fully saturated rings. The molecule has 2 aromatic carbocycles. The third-order valence-corrected chi connectivity index (χ3v) is 8.12. The van der Waals surface area contributed by atoms with Crippen LogP contribution in [0.2, 0.25) is 0 Å². The van der Waals surface area contributed by atoms with Gasteiger partial charge in [-0.3, -0.25) is 9.69 Å². The molecule has 9 heteroatoms. The summed E-state index contributed by atoms with van der Waals surface area (Å²) in [4.78, 5) is 17.1. The molecule has 2 aromatic rings. The highest BCUT2D eigenvalue weighted by Crippen LogP contribution is 2.52. The fourth-order valence-electron chi connectivity index (χ4n) is 6.10. The second-order valence-electron chi connectivity index (χ2n) is 10.4. The van der Waals surface area contributed by atoms with E-state index < -0.39 is 17.4 Å². The molecule has 4 rings (SSSR count). The number of amides is 1. The number of methoxy groups -OCH3 is 1. The minimum absolute atomic E-state index is 0.139. The number of fused-ring (bicyclic) bond motifs is 1. The van der Waals surface area contributed by atoms with Crippen LogP contribution in [0.15, 0.2) is 67.3 Å². The van der Waals surface area contributed by atoms with Gasteiger partial charge in [-0.2, -0.15) is 0 Å². The average Bonchev–Trinajstić information content (AvgIpc) is 2.90. The van der Waals surface area contributed by atoms with E-state index in [2.05, 4.69) is 16.2 Å². The predicted octanol–water partition coefficient (Wildman–Crippen LogP) is 5.18. The van der Waals surface area contributed by atoms with Crippen molar-refractivity contribution in [3.05, 3.63) is 78.4 Å². The molecule has 3 atom stereocenters. The molecule has 6 nitrogen and oxygen atoms in total. The van der Waals surface area contributed by atoms with E-state index in [9.17, 15) is 23.1 Å². The fraction of sp³-hybridized carbons (Fsp3) is 0.433. The van der Waals surface area contributed by atoms with Gasteiger partial charge in [-0.25, -0.2) is 0 Å². The number of aliphatic hydroxyl groups is 1. The number of nitrogens with zero attached hydrogens (tertiary/aromatic N) is 2. The number of alkyl halides is 3. The van der Waals surface area contributed by atoms with Gasteiger partial charge in [0.05, 0.1) is 12.7 Å². The summed E-state index contributed by atoms with van der Waals surface area (Å²) in [5, 5.41) is 12.1. The Balaban J connectivity index is 1.56. The van der Waals surface area contributed by atoms with Crippen LogP contribution in [0.3, 0.4) is 0 Å². The number of benzene rings is 2. The van der Waals surface area contributed by atoms with Gasteiger partial charge >= 0.3 is 6.36 Å². The van der Waals surface area contributed by atoms with Crippen molar-refractivity contribution in [1.29, 1.82) is 0 Å². The van der Waals surface area contributed by atoms with Crippen LogP contribution in [-0.4, -0.2) is 72.6 Å². The maximum Gasteiger partial charge on any atom is 0.573 e. The lowest BCUT2D eigenvalue weighted by Gasteiger charge is -2.59. The van der Waals surface area contributed by atoms with Crippen LogP contribution in [0.4, 0.5) is 13.2 Å². The van der Waals surface area contributed by atoms with Gasteiger partial charge in [0.1, 0.15) is 11.5 Å². The van der Waals surface area contributed by atoms with Gasteiger partial charge < -0.3 is 19.5 Å². The van der Waals surface area contributed by atoms with Gasteiger partial charge in [-0.05, 0) is 73.7 Å². The molecule has 1 aliphatic heterocycles. The van der Waals surface area contributed by atoms with E-state index in [4.69, 9.17) is 4.74 Å². The molecule has 210 valence electrons. The minimum atomic E-state index is -4.79. The third-order valence-electron chi connectivity index (χ3n) is 8.12. The van der Waals surface area contributed by atoms with Gasteiger partial charge in [0.15, 0.2) is 0 Å². The second-order valence-corrected chi connectivity index (χ2v) is 10.4. The van der Waals surface area contributed by atoms with Crippen molar-refractivity contribution < 1.29 is 32.5 Å². The molecule has 0 bridgehead atoms. The summed E-state index contributed by atoms with van der Waals surface area (Å²) >= 11 is 0. The van der Waals surface area contributed by atoms with E-state index in [-0.39, 0.29) is 17.7 Å². The van der Waals surface area contributed by atoms with E-state index in [0.29, 0.717) is 50.1 Å². The van der Waals surface area contributed by atoms with Crippen LogP contribution >= 0.6 is 0 Å². The molecule has 1 heterocycles. The zero-order valence-corrected chi connectivity index (χ0v) is 22.3. The highest BCUT2D eigenvalue weighted by atomic mass is 19.4. The molecule has 39 heavy (non-hydrogen) atoms. The van der Waals surface area contributed by atoms with Crippen molar-refractivity contribution in [1.82, 2.24) is 9.80 Å². The normalized spacial score (nSPS) is 25.6. The monoisotopic (exact) mass is 544 g/mol. The highest BCUT2D eigenvalue weighted by Gasteiger charge is 2.58. The Morgan fingerprint density at radius 2 is 1.95 bits per heavy atom. The zero-order chi connectivity index (χ0) is 28.3. The fourth-order valence-corrected chi connectivity index (χ4v) is 6.10. The maximum absolute atomic E-state index is 13.2. The Kier molecular flexibility index (Phi) is 8.42. The molecule has 2 aliphatic rings. The summed E-state index contributed by atoms with van der Waals surface area (Å²) in [7, 11) is 3.35. The Morgan fingerprint density at radius 3 is 2.67 bits per heavy atom. The van der Waals surface area contributed by atoms with Crippen molar-refractivity contribution in [3.8, 4) is 11.5 Å². The third kappa shape index (κ3) is 6.31. The number of hydrogen-bond donors (Lipinski definition) is 1. The summed E-state index contributed by atoms with van der Waals surface area (Å²) in [6.07, 6.45) is 2.31. The van der Waals surface area contributed by atoms with Gasteiger partial charge in [0.25, 0.3) is 0 Å². The van der Waals surface area contributed by atoms with Crippen LogP contribution in [0.25, 0.3) is 6.08 Å². The number of ether oxygens (including phenoxy) is 2. The van der Waals surface area contributed by atoms with E-state index in [1.165, 1.54) is 30.4 Å². The van der Waals surface area contributed by atoms with Crippen molar-refractivity contribution in [2.24, 2.45) is 0 Å². The predicted molar refractivity (Wildman–Crippen MR) is 143 cm³/mol. The number of carbonyl (C=O) groups excluding carboxylic acids is 1. The number of halogens is 3. The van der Waals surface area contributed by atoms with Crippen LogP contribution in [0.1, 0.15) is 36.8 Å². The first kappa shape index (κ1) is 28.7. The number of rotatable bonds is 8. The first-order valence-corrected chi connectivity index (χ1v) is 13.0. The molecule has 1 aliphatic carbocycles. The minimum Gasteiger partial charge on any atom is -0.497 e.